The second kappa shape index (κ2) is 8.45. The van der Waals surface area contributed by atoms with Crippen LogP contribution in [0.2, 0.25) is 0 Å². The minimum Gasteiger partial charge on any atom is -0.495 e. The summed E-state index contributed by atoms with van der Waals surface area (Å²) in [5.74, 6) is 1.59. The van der Waals surface area contributed by atoms with Gasteiger partial charge in [-0.25, -0.2) is 0 Å². The van der Waals surface area contributed by atoms with Gasteiger partial charge < -0.3 is 19.1 Å². The predicted octanol–water partition coefficient (Wildman–Crippen LogP) is 2.73. The third kappa shape index (κ3) is 3.96. The van der Waals surface area contributed by atoms with Gasteiger partial charge in [-0.15, -0.1) is 0 Å². The van der Waals surface area contributed by atoms with E-state index in [0.717, 1.165) is 63.5 Å². The van der Waals surface area contributed by atoms with Gasteiger partial charge in [-0.2, -0.15) is 0 Å². The van der Waals surface area contributed by atoms with E-state index in [-0.39, 0.29) is 5.91 Å². The number of rotatable bonds is 4. The number of piperazine rings is 1. The molecule has 0 N–H and O–H groups in total. The Morgan fingerprint density at radius 2 is 1.90 bits per heavy atom. The van der Waals surface area contributed by atoms with Gasteiger partial charge in [0.15, 0.2) is 0 Å². The molecule has 7 nitrogen and oxygen atoms in total. The fourth-order valence-corrected chi connectivity index (χ4v) is 4.60. The largest absolute Gasteiger partial charge is 0.495 e. The molecule has 2 fully saturated rings. The summed E-state index contributed by atoms with van der Waals surface area (Å²) >= 11 is 0. The fourth-order valence-electron chi connectivity index (χ4n) is 4.60. The van der Waals surface area contributed by atoms with Gasteiger partial charge in [0.25, 0.3) is 5.91 Å². The molecule has 2 aliphatic rings. The minimum atomic E-state index is 0.0543. The van der Waals surface area contributed by atoms with Crippen molar-refractivity contribution in [1.29, 1.82) is 0 Å². The van der Waals surface area contributed by atoms with Crippen molar-refractivity contribution in [2.75, 3.05) is 51.3 Å². The lowest BCUT2D eigenvalue weighted by Crippen LogP contribution is -2.56. The highest BCUT2D eigenvalue weighted by Gasteiger charge is 2.32. The minimum absolute atomic E-state index is 0.0543. The van der Waals surface area contributed by atoms with E-state index in [9.17, 15) is 4.79 Å². The third-order valence-electron chi connectivity index (χ3n) is 6.19. The van der Waals surface area contributed by atoms with Gasteiger partial charge in [0.1, 0.15) is 17.1 Å². The Morgan fingerprint density at radius 3 is 2.59 bits per heavy atom. The van der Waals surface area contributed by atoms with Crippen LogP contribution < -0.4 is 9.64 Å². The molecule has 0 bridgehead atoms. The molecule has 0 aliphatic carbocycles. The number of aryl methyl sites for hydroxylation is 2. The van der Waals surface area contributed by atoms with Crippen LogP contribution in [0.3, 0.4) is 0 Å². The van der Waals surface area contributed by atoms with Gasteiger partial charge in [0.05, 0.1) is 18.5 Å². The van der Waals surface area contributed by atoms with E-state index in [1.165, 1.54) is 0 Å². The Morgan fingerprint density at radius 1 is 1.14 bits per heavy atom. The molecule has 0 saturated carbocycles. The van der Waals surface area contributed by atoms with Crippen LogP contribution in [0.25, 0.3) is 0 Å². The van der Waals surface area contributed by atoms with E-state index in [0.29, 0.717) is 23.1 Å². The number of amides is 1. The molecule has 0 radical (unpaired) electrons. The summed E-state index contributed by atoms with van der Waals surface area (Å²) in [6.45, 7) is 9.15. The SMILES string of the molecule is COc1ccccc1N1CCN(C2CCCN(C(=O)c3c(C)noc3C)C2)CC1. The number of ether oxygens (including phenoxy) is 1. The number of carbonyl (C=O) groups is 1. The second-order valence-electron chi connectivity index (χ2n) is 7.94. The van der Waals surface area contributed by atoms with Crippen LogP contribution in [-0.4, -0.2) is 73.3 Å². The van der Waals surface area contributed by atoms with Crippen molar-refractivity contribution in [3.63, 3.8) is 0 Å². The van der Waals surface area contributed by atoms with Gasteiger partial charge in [-0.05, 0) is 38.8 Å². The fraction of sp³-hybridized carbons (Fsp3) is 0.545. The Balaban J connectivity index is 1.38. The molecule has 1 aromatic carbocycles. The van der Waals surface area contributed by atoms with Gasteiger partial charge in [-0.1, -0.05) is 17.3 Å². The highest BCUT2D eigenvalue weighted by atomic mass is 16.5. The number of piperidine rings is 1. The summed E-state index contributed by atoms with van der Waals surface area (Å²) in [7, 11) is 1.72. The maximum Gasteiger partial charge on any atom is 0.259 e. The van der Waals surface area contributed by atoms with E-state index in [2.05, 4.69) is 27.1 Å². The number of carbonyl (C=O) groups excluding carboxylic acids is 1. The molecular weight excluding hydrogens is 368 g/mol. The van der Waals surface area contributed by atoms with Crippen LogP contribution in [0, 0.1) is 13.8 Å². The van der Waals surface area contributed by atoms with E-state index in [4.69, 9.17) is 9.26 Å². The van der Waals surface area contributed by atoms with Crippen molar-refractivity contribution in [2.24, 2.45) is 0 Å². The van der Waals surface area contributed by atoms with Crippen molar-refractivity contribution >= 4 is 11.6 Å². The molecule has 2 aromatic rings. The zero-order valence-corrected chi connectivity index (χ0v) is 17.6. The number of aromatic nitrogens is 1. The molecule has 156 valence electrons. The van der Waals surface area contributed by atoms with Gasteiger partial charge in [0.2, 0.25) is 0 Å². The molecule has 4 rings (SSSR count). The van der Waals surface area contributed by atoms with Crippen LogP contribution in [0.5, 0.6) is 5.75 Å². The number of likely N-dealkylation sites (tertiary alicyclic amines) is 1. The molecule has 3 heterocycles. The molecule has 7 heteroatoms. The van der Waals surface area contributed by atoms with Crippen molar-refractivity contribution in [1.82, 2.24) is 15.0 Å². The number of methoxy groups -OCH3 is 1. The molecule has 1 aromatic heterocycles. The van der Waals surface area contributed by atoms with E-state index < -0.39 is 0 Å². The molecule has 2 saturated heterocycles. The standard InChI is InChI=1S/C22H30N4O3/c1-16-21(17(2)29-23-16)22(27)26-10-6-7-18(15-26)24-11-13-25(14-12-24)19-8-4-5-9-20(19)28-3/h4-5,8-9,18H,6-7,10-15H2,1-3H3. The predicted molar refractivity (Wildman–Crippen MR) is 112 cm³/mol. The first-order valence-electron chi connectivity index (χ1n) is 10.4. The van der Waals surface area contributed by atoms with Crippen LogP contribution in [0.15, 0.2) is 28.8 Å². The van der Waals surface area contributed by atoms with Crippen molar-refractivity contribution in [3.05, 3.63) is 41.3 Å². The number of benzene rings is 1. The Bertz CT molecular complexity index is 838. The second-order valence-corrected chi connectivity index (χ2v) is 7.94. The van der Waals surface area contributed by atoms with Crippen LogP contribution in [-0.2, 0) is 0 Å². The van der Waals surface area contributed by atoms with Crippen LogP contribution in [0.4, 0.5) is 5.69 Å². The molecule has 1 atom stereocenters. The first-order valence-corrected chi connectivity index (χ1v) is 10.4. The zero-order valence-electron chi connectivity index (χ0n) is 17.6. The monoisotopic (exact) mass is 398 g/mol. The van der Waals surface area contributed by atoms with E-state index in [1.807, 2.05) is 30.9 Å². The first-order chi connectivity index (χ1) is 14.1. The molecule has 2 aliphatic heterocycles. The number of para-hydroxylation sites is 2. The van der Waals surface area contributed by atoms with Gasteiger partial charge >= 0.3 is 0 Å². The first kappa shape index (κ1) is 19.8. The molecule has 0 spiro atoms. The number of hydrogen-bond donors (Lipinski definition) is 0. The Kier molecular flexibility index (Phi) is 5.76. The van der Waals surface area contributed by atoms with Crippen LogP contribution in [0.1, 0.15) is 34.7 Å². The van der Waals surface area contributed by atoms with Crippen molar-refractivity contribution in [2.45, 2.75) is 32.7 Å². The normalized spacial score (nSPS) is 20.7. The highest BCUT2D eigenvalue weighted by molar-refractivity contribution is 5.96. The summed E-state index contributed by atoms with van der Waals surface area (Å²) in [6.07, 6.45) is 2.17. The summed E-state index contributed by atoms with van der Waals surface area (Å²) in [5.41, 5.74) is 2.47. The van der Waals surface area contributed by atoms with Crippen molar-refractivity contribution < 1.29 is 14.1 Å². The van der Waals surface area contributed by atoms with E-state index >= 15 is 0 Å². The summed E-state index contributed by atoms with van der Waals surface area (Å²) in [5, 5.41) is 3.94. The maximum atomic E-state index is 13.0. The highest BCUT2D eigenvalue weighted by Crippen LogP contribution is 2.29. The maximum absolute atomic E-state index is 13.0. The summed E-state index contributed by atoms with van der Waals surface area (Å²) in [6, 6.07) is 8.61. The summed E-state index contributed by atoms with van der Waals surface area (Å²) < 4.78 is 10.7. The average Bonchev–Trinajstić information content (AvgIpc) is 3.11. The third-order valence-corrected chi connectivity index (χ3v) is 6.19. The lowest BCUT2D eigenvalue weighted by Gasteiger charge is -2.44. The van der Waals surface area contributed by atoms with Crippen LogP contribution >= 0.6 is 0 Å². The van der Waals surface area contributed by atoms with Gasteiger partial charge in [-0.3, -0.25) is 9.69 Å². The Hall–Kier alpha value is -2.54. The quantitative estimate of drug-likeness (QED) is 0.789. The molecule has 29 heavy (non-hydrogen) atoms. The van der Waals surface area contributed by atoms with Gasteiger partial charge in [0, 0.05) is 45.3 Å². The number of anilines is 1. The zero-order chi connectivity index (χ0) is 20.4. The smallest absolute Gasteiger partial charge is 0.259 e. The average molecular weight is 399 g/mol. The lowest BCUT2D eigenvalue weighted by atomic mass is 10.0. The molecular formula is C22H30N4O3. The van der Waals surface area contributed by atoms with Crippen molar-refractivity contribution in [3.8, 4) is 5.75 Å². The topological polar surface area (TPSA) is 62.1 Å². The summed E-state index contributed by atoms with van der Waals surface area (Å²) in [4.78, 5) is 19.9. The Labute approximate surface area is 172 Å². The molecule has 1 unspecified atom stereocenters. The number of nitrogens with zero attached hydrogens (tertiary/aromatic N) is 4. The lowest BCUT2D eigenvalue weighted by molar-refractivity contribution is 0.0561. The number of hydrogen-bond acceptors (Lipinski definition) is 6. The molecule has 1 amide bonds. The van der Waals surface area contributed by atoms with E-state index in [1.54, 1.807) is 7.11 Å².